The first-order chi connectivity index (χ1) is 11.8. The van der Waals surface area contributed by atoms with Gasteiger partial charge in [-0.25, -0.2) is 4.98 Å². The van der Waals surface area contributed by atoms with Gasteiger partial charge in [-0.15, -0.1) is 11.3 Å². The zero-order chi connectivity index (χ0) is 18.4. The van der Waals surface area contributed by atoms with Crippen molar-refractivity contribution < 1.29 is 13.2 Å². The maximum Gasteiger partial charge on any atom is 0.401 e. The van der Waals surface area contributed by atoms with Gasteiger partial charge in [0.15, 0.2) is 5.96 Å². The SMILES string of the molecule is CN=C(NCCc1nc(C)c(C)s1)NCC1CCN(CC(F)(F)F)C1. The van der Waals surface area contributed by atoms with Crippen LogP contribution in [0.5, 0.6) is 0 Å². The number of aryl methyl sites for hydroxylation is 2. The average molecular weight is 377 g/mol. The van der Waals surface area contributed by atoms with Crippen LogP contribution >= 0.6 is 11.3 Å². The van der Waals surface area contributed by atoms with Crippen molar-refractivity contribution in [2.75, 3.05) is 39.8 Å². The topological polar surface area (TPSA) is 52.6 Å². The fourth-order valence-corrected chi connectivity index (χ4v) is 3.81. The molecule has 5 nitrogen and oxygen atoms in total. The summed E-state index contributed by atoms with van der Waals surface area (Å²) < 4.78 is 37.3. The maximum atomic E-state index is 12.4. The minimum absolute atomic E-state index is 0.213. The first-order valence-corrected chi connectivity index (χ1v) is 9.25. The number of nitrogens with one attached hydrogen (secondary N) is 2. The molecule has 25 heavy (non-hydrogen) atoms. The summed E-state index contributed by atoms with van der Waals surface area (Å²) in [5.74, 6) is 0.893. The molecule has 0 bridgehead atoms. The molecule has 2 N–H and O–H groups in total. The highest BCUT2D eigenvalue weighted by molar-refractivity contribution is 7.11. The van der Waals surface area contributed by atoms with Gasteiger partial charge >= 0.3 is 6.18 Å². The van der Waals surface area contributed by atoms with Gasteiger partial charge in [0, 0.05) is 38.0 Å². The molecule has 0 aromatic carbocycles. The third-order valence-corrected chi connectivity index (χ3v) is 5.39. The standard InChI is InChI=1S/C16H26F3N5S/c1-11-12(2)25-14(23-11)4-6-21-15(20-3)22-8-13-5-7-24(9-13)10-16(17,18)19/h13H,4-10H2,1-3H3,(H2,20,21,22). The molecule has 1 unspecified atom stereocenters. The molecule has 0 aliphatic carbocycles. The lowest BCUT2D eigenvalue weighted by Gasteiger charge is -2.18. The van der Waals surface area contributed by atoms with E-state index in [0.29, 0.717) is 25.6 Å². The van der Waals surface area contributed by atoms with E-state index in [0.717, 1.165) is 30.1 Å². The molecule has 0 saturated carbocycles. The highest BCUT2D eigenvalue weighted by Gasteiger charge is 2.34. The van der Waals surface area contributed by atoms with Crippen LogP contribution in [0.1, 0.15) is 22.0 Å². The summed E-state index contributed by atoms with van der Waals surface area (Å²) in [6.45, 7) is 5.58. The Labute approximate surface area is 150 Å². The van der Waals surface area contributed by atoms with Crippen molar-refractivity contribution in [3.05, 3.63) is 15.6 Å². The molecular weight excluding hydrogens is 351 g/mol. The number of thiazole rings is 1. The lowest BCUT2D eigenvalue weighted by molar-refractivity contribution is -0.143. The van der Waals surface area contributed by atoms with E-state index in [1.54, 1.807) is 18.4 Å². The number of hydrogen-bond acceptors (Lipinski definition) is 4. The predicted molar refractivity (Wildman–Crippen MR) is 95.3 cm³/mol. The minimum Gasteiger partial charge on any atom is -0.356 e. The Bertz CT molecular complexity index is 565. The van der Waals surface area contributed by atoms with E-state index in [9.17, 15) is 13.2 Å². The summed E-state index contributed by atoms with van der Waals surface area (Å²) in [5, 5.41) is 7.54. The third kappa shape index (κ3) is 6.81. The van der Waals surface area contributed by atoms with E-state index in [1.807, 2.05) is 6.92 Å². The van der Waals surface area contributed by atoms with Crippen LogP contribution in [0.4, 0.5) is 13.2 Å². The van der Waals surface area contributed by atoms with Gasteiger partial charge in [-0.1, -0.05) is 0 Å². The van der Waals surface area contributed by atoms with Crippen molar-refractivity contribution in [2.24, 2.45) is 10.9 Å². The van der Waals surface area contributed by atoms with Gasteiger partial charge in [-0.3, -0.25) is 9.89 Å². The van der Waals surface area contributed by atoms with Crippen molar-refractivity contribution >= 4 is 17.3 Å². The minimum atomic E-state index is -4.12. The molecule has 142 valence electrons. The fraction of sp³-hybridized carbons (Fsp3) is 0.750. The summed E-state index contributed by atoms with van der Waals surface area (Å²) in [6.07, 6.45) is -2.52. The Morgan fingerprint density at radius 2 is 2.12 bits per heavy atom. The number of aliphatic imine (C=N–C) groups is 1. The number of guanidine groups is 1. The Kier molecular flexibility index (Phi) is 7.06. The zero-order valence-electron chi connectivity index (χ0n) is 14.9. The summed E-state index contributed by atoms with van der Waals surface area (Å²) in [5.41, 5.74) is 1.08. The number of alkyl halides is 3. The van der Waals surface area contributed by atoms with E-state index >= 15 is 0 Å². The van der Waals surface area contributed by atoms with Crippen LogP contribution in [0.25, 0.3) is 0 Å². The molecule has 1 aromatic heterocycles. The van der Waals surface area contributed by atoms with Crippen molar-refractivity contribution in [2.45, 2.75) is 32.9 Å². The van der Waals surface area contributed by atoms with E-state index in [-0.39, 0.29) is 5.92 Å². The van der Waals surface area contributed by atoms with E-state index in [2.05, 4.69) is 27.5 Å². The van der Waals surface area contributed by atoms with Gasteiger partial charge in [-0.05, 0) is 32.7 Å². The van der Waals surface area contributed by atoms with Gasteiger partial charge in [0.25, 0.3) is 0 Å². The molecule has 1 fully saturated rings. The van der Waals surface area contributed by atoms with Crippen LogP contribution in [0.3, 0.4) is 0 Å². The van der Waals surface area contributed by atoms with E-state index < -0.39 is 12.7 Å². The van der Waals surface area contributed by atoms with Crippen molar-refractivity contribution in [1.82, 2.24) is 20.5 Å². The molecule has 2 rings (SSSR count). The lowest BCUT2D eigenvalue weighted by atomic mass is 10.1. The number of halogens is 3. The molecule has 2 heterocycles. The van der Waals surface area contributed by atoms with Crippen molar-refractivity contribution in [1.29, 1.82) is 0 Å². The largest absolute Gasteiger partial charge is 0.401 e. The molecule has 9 heteroatoms. The lowest BCUT2D eigenvalue weighted by Crippen LogP contribution is -2.41. The average Bonchev–Trinajstić information content (AvgIpc) is 3.08. The van der Waals surface area contributed by atoms with Gasteiger partial charge in [0.2, 0.25) is 0 Å². The van der Waals surface area contributed by atoms with Crippen LogP contribution in [0, 0.1) is 19.8 Å². The van der Waals surface area contributed by atoms with Crippen molar-refractivity contribution in [3.8, 4) is 0 Å². The quantitative estimate of drug-likeness (QED) is 0.590. The number of rotatable bonds is 6. The van der Waals surface area contributed by atoms with Crippen LogP contribution in [0.15, 0.2) is 4.99 Å². The molecule has 1 saturated heterocycles. The highest BCUT2D eigenvalue weighted by Crippen LogP contribution is 2.22. The summed E-state index contributed by atoms with van der Waals surface area (Å²) >= 11 is 1.70. The summed E-state index contributed by atoms with van der Waals surface area (Å²) in [7, 11) is 1.69. The normalized spacial score (nSPS) is 19.4. The summed E-state index contributed by atoms with van der Waals surface area (Å²) in [4.78, 5) is 11.4. The number of likely N-dealkylation sites (tertiary alicyclic amines) is 1. The molecule has 0 radical (unpaired) electrons. The number of hydrogen-bond donors (Lipinski definition) is 2. The summed E-state index contributed by atoms with van der Waals surface area (Å²) in [6, 6.07) is 0. The van der Waals surface area contributed by atoms with Crippen LogP contribution in [-0.4, -0.2) is 61.8 Å². The van der Waals surface area contributed by atoms with Crippen LogP contribution in [0.2, 0.25) is 0 Å². The van der Waals surface area contributed by atoms with Gasteiger partial charge in [-0.2, -0.15) is 13.2 Å². The first kappa shape index (κ1) is 20.0. The molecule has 1 aliphatic heterocycles. The Morgan fingerprint density at radius 1 is 1.36 bits per heavy atom. The fourth-order valence-electron chi connectivity index (χ4n) is 2.87. The maximum absolute atomic E-state index is 12.4. The molecule has 1 atom stereocenters. The predicted octanol–water partition coefficient (Wildman–Crippen LogP) is 2.35. The van der Waals surface area contributed by atoms with Gasteiger partial charge in [0.1, 0.15) is 0 Å². The molecular formula is C16H26F3N5S. The zero-order valence-corrected chi connectivity index (χ0v) is 15.7. The van der Waals surface area contributed by atoms with Crippen molar-refractivity contribution in [3.63, 3.8) is 0 Å². The second-order valence-electron chi connectivity index (χ2n) is 6.38. The molecule has 1 aromatic rings. The molecule has 1 aliphatic rings. The Morgan fingerprint density at radius 3 is 2.72 bits per heavy atom. The van der Waals surface area contributed by atoms with Crippen LogP contribution < -0.4 is 10.6 Å². The van der Waals surface area contributed by atoms with Crippen LogP contribution in [-0.2, 0) is 6.42 Å². The smallest absolute Gasteiger partial charge is 0.356 e. The van der Waals surface area contributed by atoms with Gasteiger partial charge in [0.05, 0.1) is 17.2 Å². The Balaban J connectivity index is 1.67. The second kappa shape index (κ2) is 8.84. The van der Waals surface area contributed by atoms with E-state index in [4.69, 9.17) is 0 Å². The van der Waals surface area contributed by atoms with Gasteiger partial charge < -0.3 is 10.6 Å². The number of aromatic nitrogens is 1. The monoisotopic (exact) mass is 377 g/mol. The second-order valence-corrected chi connectivity index (χ2v) is 7.67. The Hall–Kier alpha value is -1.35. The molecule has 0 amide bonds. The highest BCUT2D eigenvalue weighted by atomic mass is 32.1. The molecule has 0 spiro atoms. The first-order valence-electron chi connectivity index (χ1n) is 8.43. The number of nitrogens with zero attached hydrogens (tertiary/aromatic N) is 3. The van der Waals surface area contributed by atoms with E-state index in [1.165, 1.54) is 9.78 Å². The third-order valence-electron chi connectivity index (χ3n) is 4.26.